The van der Waals surface area contributed by atoms with Crippen LogP contribution in [0, 0.1) is 0 Å². The van der Waals surface area contributed by atoms with Crippen molar-refractivity contribution in [2.24, 2.45) is 0 Å². The van der Waals surface area contributed by atoms with Crippen LogP contribution < -0.4 is 4.90 Å². The van der Waals surface area contributed by atoms with Crippen LogP contribution in [0.4, 0.5) is 5.82 Å². The first-order chi connectivity index (χ1) is 9.74. The molecule has 0 aromatic carbocycles. The van der Waals surface area contributed by atoms with E-state index < -0.39 is 0 Å². The van der Waals surface area contributed by atoms with Crippen LogP contribution in [0.5, 0.6) is 0 Å². The first-order valence-electron chi connectivity index (χ1n) is 6.41. The van der Waals surface area contributed by atoms with E-state index in [-0.39, 0.29) is 5.91 Å². The monoisotopic (exact) mass is 273 g/mol. The molecule has 2 aromatic rings. The number of piperazine rings is 1. The minimum atomic E-state index is 0.121. The van der Waals surface area contributed by atoms with Gasteiger partial charge in [0.05, 0.1) is 0 Å². The zero-order valence-electron chi connectivity index (χ0n) is 11.2. The van der Waals surface area contributed by atoms with Gasteiger partial charge in [-0.3, -0.25) is 4.79 Å². The Bertz CT molecular complexity index is 590. The Hall–Kier alpha value is -2.51. The SMILES string of the molecule is CC(=O)N1CCN(c2cc(-n3cncn3)ncn2)CC1. The molecule has 104 valence electrons. The fraction of sp³-hybridized carbons (Fsp3) is 0.417. The molecule has 0 radical (unpaired) electrons. The summed E-state index contributed by atoms with van der Waals surface area (Å²) < 4.78 is 1.59. The normalized spacial score (nSPS) is 15.4. The molecule has 8 heteroatoms. The van der Waals surface area contributed by atoms with Crippen LogP contribution in [0.2, 0.25) is 0 Å². The fourth-order valence-electron chi connectivity index (χ4n) is 2.21. The van der Waals surface area contributed by atoms with Crippen molar-refractivity contribution in [2.75, 3.05) is 31.1 Å². The Morgan fingerprint density at radius 3 is 2.50 bits per heavy atom. The van der Waals surface area contributed by atoms with E-state index in [0.717, 1.165) is 32.0 Å². The molecule has 0 N–H and O–H groups in total. The Kier molecular flexibility index (Phi) is 3.28. The Labute approximate surface area is 116 Å². The first-order valence-corrected chi connectivity index (χ1v) is 6.41. The average molecular weight is 273 g/mol. The second-order valence-electron chi connectivity index (χ2n) is 4.57. The van der Waals surface area contributed by atoms with Crippen molar-refractivity contribution < 1.29 is 4.79 Å². The quantitative estimate of drug-likeness (QED) is 0.749. The molecule has 8 nitrogen and oxygen atoms in total. The highest BCUT2D eigenvalue weighted by Gasteiger charge is 2.19. The topological polar surface area (TPSA) is 80.0 Å². The maximum Gasteiger partial charge on any atom is 0.219 e. The molecule has 0 saturated carbocycles. The summed E-state index contributed by atoms with van der Waals surface area (Å²) in [6, 6.07) is 1.87. The van der Waals surface area contributed by atoms with E-state index in [1.54, 1.807) is 17.9 Å². The number of hydrogen-bond acceptors (Lipinski definition) is 6. The summed E-state index contributed by atoms with van der Waals surface area (Å²) in [5, 5.41) is 4.05. The lowest BCUT2D eigenvalue weighted by Gasteiger charge is -2.34. The van der Waals surface area contributed by atoms with Gasteiger partial charge in [-0.25, -0.2) is 19.6 Å². The van der Waals surface area contributed by atoms with Gasteiger partial charge in [0.25, 0.3) is 0 Å². The molecule has 0 bridgehead atoms. The molecule has 20 heavy (non-hydrogen) atoms. The summed E-state index contributed by atoms with van der Waals surface area (Å²) in [5.41, 5.74) is 0. The number of rotatable bonds is 2. The van der Waals surface area contributed by atoms with Gasteiger partial charge in [0.1, 0.15) is 24.8 Å². The zero-order chi connectivity index (χ0) is 13.9. The summed E-state index contributed by atoms with van der Waals surface area (Å²) in [6.07, 6.45) is 4.58. The number of carbonyl (C=O) groups is 1. The van der Waals surface area contributed by atoms with Gasteiger partial charge in [-0.2, -0.15) is 5.10 Å². The summed E-state index contributed by atoms with van der Waals surface area (Å²) in [7, 11) is 0. The van der Waals surface area contributed by atoms with Crippen LogP contribution in [-0.4, -0.2) is 61.7 Å². The highest BCUT2D eigenvalue weighted by Crippen LogP contribution is 2.15. The van der Waals surface area contributed by atoms with Crippen molar-refractivity contribution in [2.45, 2.75) is 6.92 Å². The van der Waals surface area contributed by atoms with Crippen LogP contribution in [0.1, 0.15) is 6.92 Å². The van der Waals surface area contributed by atoms with Crippen LogP contribution in [0.3, 0.4) is 0 Å². The molecule has 0 atom stereocenters. The maximum atomic E-state index is 11.3. The molecule has 1 saturated heterocycles. The highest BCUT2D eigenvalue weighted by molar-refractivity contribution is 5.73. The van der Waals surface area contributed by atoms with Crippen molar-refractivity contribution >= 4 is 11.7 Å². The molecular weight excluding hydrogens is 258 g/mol. The minimum Gasteiger partial charge on any atom is -0.353 e. The van der Waals surface area contributed by atoms with Crippen LogP contribution in [-0.2, 0) is 4.79 Å². The fourth-order valence-corrected chi connectivity index (χ4v) is 2.21. The summed E-state index contributed by atoms with van der Waals surface area (Å²) in [4.78, 5) is 27.7. The van der Waals surface area contributed by atoms with Crippen LogP contribution >= 0.6 is 0 Å². The van der Waals surface area contributed by atoms with Crippen LogP contribution in [0.15, 0.2) is 25.0 Å². The van der Waals surface area contributed by atoms with Gasteiger partial charge in [0, 0.05) is 39.2 Å². The third-order valence-electron chi connectivity index (χ3n) is 3.34. The smallest absolute Gasteiger partial charge is 0.219 e. The van der Waals surface area contributed by atoms with Gasteiger partial charge in [-0.15, -0.1) is 0 Å². The van der Waals surface area contributed by atoms with E-state index >= 15 is 0 Å². The number of aromatic nitrogens is 5. The van der Waals surface area contributed by atoms with E-state index in [1.807, 2.05) is 11.0 Å². The van der Waals surface area contributed by atoms with Crippen molar-refractivity contribution in [1.29, 1.82) is 0 Å². The third kappa shape index (κ3) is 2.44. The second-order valence-corrected chi connectivity index (χ2v) is 4.57. The van der Waals surface area contributed by atoms with Crippen molar-refractivity contribution in [3.63, 3.8) is 0 Å². The van der Waals surface area contributed by atoms with Crippen molar-refractivity contribution in [3.8, 4) is 5.82 Å². The molecule has 1 amide bonds. The molecular formula is C12H15N7O. The molecule has 1 aliphatic heterocycles. The summed E-state index contributed by atoms with van der Waals surface area (Å²) in [5.74, 6) is 1.64. The lowest BCUT2D eigenvalue weighted by molar-refractivity contribution is -0.129. The Balaban J connectivity index is 1.75. The Morgan fingerprint density at radius 1 is 1.10 bits per heavy atom. The van der Waals surface area contributed by atoms with Gasteiger partial charge in [-0.1, -0.05) is 0 Å². The van der Waals surface area contributed by atoms with Gasteiger partial charge in [0.15, 0.2) is 5.82 Å². The van der Waals surface area contributed by atoms with E-state index in [0.29, 0.717) is 5.82 Å². The predicted octanol–water partition coefficient (Wildman–Crippen LogP) is -0.274. The van der Waals surface area contributed by atoms with Crippen LogP contribution in [0.25, 0.3) is 5.82 Å². The van der Waals surface area contributed by atoms with E-state index in [1.165, 1.54) is 12.7 Å². The number of hydrogen-bond donors (Lipinski definition) is 0. The van der Waals surface area contributed by atoms with Crippen molar-refractivity contribution in [3.05, 3.63) is 25.0 Å². The lowest BCUT2D eigenvalue weighted by Crippen LogP contribution is -2.48. The molecule has 3 heterocycles. The largest absolute Gasteiger partial charge is 0.353 e. The molecule has 0 aliphatic carbocycles. The maximum absolute atomic E-state index is 11.3. The number of carbonyl (C=O) groups excluding carboxylic acids is 1. The number of amides is 1. The lowest BCUT2D eigenvalue weighted by atomic mass is 10.3. The standard InChI is InChI=1S/C12H15N7O/c1-10(20)17-2-4-18(5-3-17)11-6-12(15-8-14-11)19-9-13-7-16-19/h6-9H,2-5H2,1H3. The molecule has 2 aromatic heterocycles. The zero-order valence-corrected chi connectivity index (χ0v) is 11.2. The summed E-state index contributed by atoms with van der Waals surface area (Å²) >= 11 is 0. The third-order valence-corrected chi connectivity index (χ3v) is 3.34. The minimum absolute atomic E-state index is 0.121. The highest BCUT2D eigenvalue weighted by atomic mass is 16.2. The Morgan fingerprint density at radius 2 is 1.85 bits per heavy atom. The van der Waals surface area contributed by atoms with Gasteiger partial charge in [0.2, 0.25) is 5.91 Å². The van der Waals surface area contributed by atoms with Gasteiger partial charge in [-0.05, 0) is 0 Å². The predicted molar refractivity (Wildman–Crippen MR) is 71.4 cm³/mol. The summed E-state index contributed by atoms with van der Waals surface area (Å²) in [6.45, 7) is 4.58. The van der Waals surface area contributed by atoms with Crippen molar-refractivity contribution in [1.82, 2.24) is 29.6 Å². The number of nitrogens with zero attached hydrogens (tertiary/aromatic N) is 7. The van der Waals surface area contributed by atoms with Gasteiger partial charge >= 0.3 is 0 Å². The second kappa shape index (κ2) is 5.24. The molecule has 0 unspecified atom stereocenters. The van der Waals surface area contributed by atoms with E-state index in [2.05, 4.69) is 25.0 Å². The molecule has 0 spiro atoms. The van der Waals surface area contributed by atoms with E-state index in [9.17, 15) is 4.79 Å². The number of anilines is 1. The first kappa shape index (κ1) is 12.5. The molecule has 1 fully saturated rings. The molecule has 3 rings (SSSR count). The average Bonchev–Trinajstić information content (AvgIpc) is 3.02. The molecule has 1 aliphatic rings. The van der Waals surface area contributed by atoms with Gasteiger partial charge < -0.3 is 9.80 Å². The van der Waals surface area contributed by atoms with E-state index in [4.69, 9.17) is 0 Å².